The first-order valence-corrected chi connectivity index (χ1v) is 6.30. The first kappa shape index (κ1) is 11.4. The molecule has 5 heteroatoms. The van der Waals surface area contributed by atoms with E-state index in [9.17, 15) is 0 Å². The fourth-order valence-corrected chi connectivity index (χ4v) is 2.15. The molecule has 0 unspecified atom stereocenters. The molecular formula is C13H15ClN4. The Labute approximate surface area is 111 Å². The molecule has 1 fully saturated rings. The zero-order chi connectivity index (χ0) is 12.8. The topological polar surface area (TPSA) is 69.9 Å². The summed E-state index contributed by atoms with van der Waals surface area (Å²) in [6, 6.07) is 5.62. The lowest BCUT2D eigenvalue weighted by Gasteiger charge is -2.05. The second-order valence-corrected chi connectivity index (χ2v) is 5.72. The largest absolute Gasteiger partial charge is 0.397 e. The lowest BCUT2D eigenvalue weighted by Crippen LogP contribution is -2.10. The smallest absolute Gasteiger partial charge is 0.0643 e. The number of nitrogens with two attached hydrogens (primary N) is 2. The van der Waals surface area contributed by atoms with Gasteiger partial charge in [0.15, 0.2) is 0 Å². The van der Waals surface area contributed by atoms with Crippen LogP contribution >= 0.6 is 11.6 Å². The Morgan fingerprint density at radius 1 is 1.22 bits per heavy atom. The van der Waals surface area contributed by atoms with Gasteiger partial charge in [0, 0.05) is 11.8 Å². The maximum Gasteiger partial charge on any atom is 0.0643 e. The highest BCUT2D eigenvalue weighted by molar-refractivity contribution is 6.25. The summed E-state index contributed by atoms with van der Waals surface area (Å²) in [5, 5.41) is 4.33. The van der Waals surface area contributed by atoms with E-state index in [0.29, 0.717) is 11.4 Å². The minimum Gasteiger partial charge on any atom is -0.397 e. The first-order chi connectivity index (χ1) is 8.56. The van der Waals surface area contributed by atoms with Crippen molar-refractivity contribution in [3.63, 3.8) is 0 Å². The Morgan fingerprint density at radius 2 is 2.00 bits per heavy atom. The second kappa shape index (κ2) is 3.92. The van der Waals surface area contributed by atoms with E-state index in [0.717, 1.165) is 30.5 Å². The van der Waals surface area contributed by atoms with E-state index >= 15 is 0 Å². The predicted octanol–water partition coefficient (Wildman–Crippen LogP) is 2.49. The highest BCUT2D eigenvalue weighted by Crippen LogP contribution is 2.43. The van der Waals surface area contributed by atoms with E-state index in [1.807, 2.05) is 35.3 Å². The van der Waals surface area contributed by atoms with Gasteiger partial charge < -0.3 is 11.5 Å². The Balaban J connectivity index is 1.85. The summed E-state index contributed by atoms with van der Waals surface area (Å²) in [6.07, 6.45) is 5.96. The maximum absolute atomic E-state index is 6.28. The molecule has 0 atom stereocenters. The van der Waals surface area contributed by atoms with E-state index in [1.54, 1.807) is 0 Å². The number of anilines is 2. The Hall–Kier alpha value is -1.68. The third kappa shape index (κ3) is 2.16. The summed E-state index contributed by atoms with van der Waals surface area (Å²) in [4.78, 5) is -0.0660. The molecule has 4 N–H and O–H groups in total. The molecule has 1 aromatic heterocycles. The number of alkyl halides is 1. The monoisotopic (exact) mass is 262 g/mol. The minimum absolute atomic E-state index is 0.0660. The van der Waals surface area contributed by atoms with Crippen molar-refractivity contribution >= 4 is 23.0 Å². The molecule has 0 spiro atoms. The van der Waals surface area contributed by atoms with Gasteiger partial charge in [-0.2, -0.15) is 5.10 Å². The summed E-state index contributed by atoms with van der Waals surface area (Å²) in [5.74, 6) is 0. The predicted molar refractivity (Wildman–Crippen MR) is 74.3 cm³/mol. The summed E-state index contributed by atoms with van der Waals surface area (Å²) in [6.45, 7) is 0.763. The van der Waals surface area contributed by atoms with Gasteiger partial charge in [0.1, 0.15) is 0 Å². The van der Waals surface area contributed by atoms with Crippen LogP contribution in [0.15, 0.2) is 30.6 Å². The summed E-state index contributed by atoms with van der Waals surface area (Å²) < 4.78 is 1.89. The zero-order valence-corrected chi connectivity index (χ0v) is 10.7. The lowest BCUT2D eigenvalue weighted by molar-refractivity contribution is 0.583. The van der Waals surface area contributed by atoms with Crippen molar-refractivity contribution in [3.8, 4) is 11.1 Å². The SMILES string of the molecule is Nc1ccc(-c2cnn(CC3(Cl)CC3)c2)cc1N. The van der Waals surface area contributed by atoms with Crippen molar-refractivity contribution < 1.29 is 0 Å². The molecule has 0 aliphatic heterocycles. The third-order valence-corrected chi connectivity index (χ3v) is 3.79. The molecule has 1 aromatic carbocycles. The molecule has 1 aliphatic rings. The van der Waals surface area contributed by atoms with Gasteiger partial charge in [-0.1, -0.05) is 6.07 Å². The highest BCUT2D eigenvalue weighted by atomic mass is 35.5. The maximum atomic E-state index is 6.28. The molecule has 4 nitrogen and oxygen atoms in total. The average molecular weight is 263 g/mol. The van der Waals surface area contributed by atoms with Gasteiger partial charge in [0.2, 0.25) is 0 Å². The third-order valence-electron chi connectivity index (χ3n) is 3.29. The molecule has 3 rings (SSSR count). The van der Waals surface area contributed by atoms with Crippen LogP contribution in [0.4, 0.5) is 11.4 Å². The summed E-state index contributed by atoms with van der Waals surface area (Å²) in [7, 11) is 0. The number of nitrogen functional groups attached to an aromatic ring is 2. The molecule has 1 saturated carbocycles. The Bertz CT molecular complexity index is 586. The van der Waals surface area contributed by atoms with Gasteiger partial charge in [0.25, 0.3) is 0 Å². The van der Waals surface area contributed by atoms with E-state index in [2.05, 4.69) is 5.10 Å². The average Bonchev–Trinajstić information content (AvgIpc) is 2.88. The van der Waals surface area contributed by atoms with Crippen LogP contribution in [0.2, 0.25) is 0 Å². The molecule has 0 amide bonds. The van der Waals surface area contributed by atoms with Crippen LogP contribution < -0.4 is 11.5 Å². The van der Waals surface area contributed by atoms with Crippen molar-refractivity contribution in [3.05, 3.63) is 30.6 Å². The van der Waals surface area contributed by atoms with E-state index in [-0.39, 0.29) is 4.87 Å². The summed E-state index contributed by atoms with van der Waals surface area (Å²) in [5.41, 5.74) is 14.7. The Kier molecular flexibility index (Phi) is 2.48. The molecule has 2 aromatic rings. The summed E-state index contributed by atoms with van der Waals surface area (Å²) >= 11 is 6.28. The molecule has 0 saturated heterocycles. The van der Waals surface area contributed by atoms with Crippen LogP contribution in [-0.2, 0) is 6.54 Å². The van der Waals surface area contributed by atoms with Crippen LogP contribution in [-0.4, -0.2) is 14.7 Å². The Morgan fingerprint density at radius 3 is 2.67 bits per heavy atom. The second-order valence-electron chi connectivity index (χ2n) is 4.92. The van der Waals surface area contributed by atoms with Crippen molar-refractivity contribution in [2.75, 3.05) is 11.5 Å². The number of benzene rings is 1. The molecule has 94 valence electrons. The van der Waals surface area contributed by atoms with Crippen LogP contribution in [0.1, 0.15) is 12.8 Å². The van der Waals surface area contributed by atoms with Crippen molar-refractivity contribution in [1.82, 2.24) is 9.78 Å². The number of nitrogens with zero attached hydrogens (tertiary/aromatic N) is 2. The van der Waals surface area contributed by atoms with Gasteiger partial charge in [0.05, 0.1) is 29.0 Å². The number of hydrogen-bond acceptors (Lipinski definition) is 3. The number of aromatic nitrogens is 2. The van der Waals surface area contributed by atoms with Gasteiger partial charge in [-0.05, 0) is 30.5 Å². The first-order valence-electron chi connectivity index (χ1n) is 5.93. The van der Waals surface area contributed by atoms with Crippen LogP contribution in [0.25, 0.3) is 11.1 Å². The van der Waals surface area contributed by atoms with E-state index < -0.39 is 0 Å². The zero-order valence-electron chi connectivity index (χ0n) is 9.94. The van der Waals surface area contributed by atoms with Crippen molar-refractivity contribution in [2.45, 2.75) is 24.3 Å². The standard InChI is InChI=1S/C13H15ClN4/c14-13(3-4-13)8-18-7-10(6-17-18)9-1-2-11(15)12(16)5-9/h1-2,5-7H,3-4,8,15-16H2. The quantitative estimate of drug-likeness (QED) is 0.660. The van der Waals surface area contributed by atoms with Crippen LogP contribution in [0, 0.1) is 0 Å². The molecular weight excluding hydrogens is 248 g/mol. The normalized spacial score (nSPS) is 16.7. The molecule has 1 aliphatic carbocycles. The number of halogens is 1. The molecule has 0 bridgehead atoms. The number of hydrogen-bond donors (Lipinski definition) is 2. The van der Waals surface area contributed by atoms with E-state index in [4.69, 9.17) is 23.1 Å². The van der Waals surface area contributed by atoms with E-state index in [1.165, 1.54) is 0 Å². The molecule has 0 radical (unpaired) electrons. The van der Waals surface area contributed by atoms with Crippen LogP contribution in [0.5, 0.6) is 0 Å². The fourth-order valence-electron chi connectivity index (χ4n) is 1.94. The van der Waals surface area contributed by atoms with Gasteiger partial charge in [-0.3, -0.25) is 4.68 Å². The van der Waals surface area contributed by atoms with Gasteiger partial charge in [-0.15, -0.1) is 11.6 Å². The van der Waals surface area contributed by atoms with Crippen molar-refractivity contribution in [2.24, 2.45) is 0 Å². The van der Waals surface area contributed by atoms with Crippen LogP contribution in [0.3, 0.4) is 0 Å². The van der Waals surface area contributed by atoms with Gasteiger partial charge >= 0.3 is 0 Å². The highest BCUT2D eigenvalue weighted by Gasteiger charge is 2.41. The number of rotatable bonds is 3. The van der Waals surface area contributed by atoms with Crippen molar-refractivity contribution in [1.29, 1.82) is 0 Å². The molecule has 18 heavy (non-hydrogen) atoms. The fraction of sp³-hybridized carbons (Fsp3) is 0.308. The molecule has 1 heterocycles. The minimum atomic E-state index is -0.0660. The lowest BCUT2D eigenvalue weighted by atomic mass is 10.1. The van der Waals surface area contributed by atoms with Gasteiger partial charge in [-0.25, -0.2) is 0 Å².